The number of halogens is 1. The maximum absolute atomic E-state index is 13.0. The van der Waals surface area contributed by atoms with Gasteiger partial charge in [0, 0.05) is 23.8 Å². The second-order valence-electron chi connectivity index (χ2n) is 6.05. The summed E-state index contributed by atoms with van der Waals surface area (Å²) in [6, 6.07) is 2.01. The van der Waals surface area contributed by atoms with E-state index in [9.17, 15) is 4.79 Å². The second-order valence-corrected chi connectivity index (χ2v) is 6.96. The zero-order valence-corrected chi connectivity index (χ0v) is 14.8. The molecule has 0 saturated carbocycles. The number of aromatic nitrogens is 2. The van der Waals surface area contributed by atoms with Crippen LogP contribution < -0.4 is 0 Å². The molecule has 0 aromatic carbocycles. The standard InChI is InChI=1S/C16H20BrN3O2/c1-9-5-13(17)8-20-14(12(4)18-15(9)20)16(21)19-6-10(2)22-11(3)7-19/h5,8,10-11H,6-7H2,1-4H3. The number of morpholine rings is 1. The van der Waals surface area contributed by atoms with Crippen LogP contribution in [0.3, 0.4) is 0 Å². The van der Waals surface area contributed by atoms with Gasteiger partial charge in [-0.3, -0.25) is 9.20 Å². The molecule has 1 fully saturated rings. The zero-order chi connectivity index (χ0) is 16.0. The molecule has 0 N–H and O–H groups in total. The topological polar surface area (TPSA) is 46.8 Å². The first-order valence-electron chi connectivity index (χ1n) is 7.46. The van der Waals surface area contributed by atoms with Crippen LogP contribution in [0.25, 0.3) is 5.65 Å². The van der Waals surface area contributed by atoms with E-state index in [0.717, 1.165) is 21.4 Å². The monoisotopic (exact) mass is 365 g/mol. The van der Waals surface area contributed by atoms with Crippen LogP contribution >= 0.6 is 15.9 Å². The maximum Gasteiger partial charge on any atom is 0.272 e. The summed E-state index contributed by atoms with van der Waals surface area (Å²) in [7, 11) is 0. The lowest BCUT2D eigenvalue weighted by atomic mass is 10.2. The first-order chi connectivity index (χ1) is 10.4. The number of hydrogen-bond donors (Lipinski definition) is 0. The number of fused-ring (bicyclic) bond motifs is 1. The van der Waals surface area contributed by atoms with E-state index >= 15 is 0 Å². The molecule has 0 radical (unpaired) electrons. The van der Waals surface area contributed by atoms with Gasteiger partial charge in [-0.25, -0.2) is 4.98 Å². The van der Waals surface area contributed by atoms with Crippen LogP contribution in [0.15, 0.2) is 16.7 Å². The molecule has 118 valence electrons. The molecule has 1 amide bonds. The first-order valence-corrected chi connectivity index (χ1v) is 8.25. The molecule has 0 bridgehead atoms. The highest BCUT2D eigenvalue weighted by Crippen LogP contribution is 2.22. The van der Waals surface area contributed by atoms with Crippen molar-refractivity contribution in [3.8, 4) is 0 Å². The molecule has 6 heteroatoms. The number of nitrogens with zero attached hydrogens (tertiary/aromatic N) is 3. The highest BCUT2D eigenvalue weighted by Gasteiger charge is 2.29. The van der Waals surface area contributed by atoms with Crippen molar-refractivity contribution in [1.29, 1.82) is 0 Å². The number of aryl methyl sites for hydroxylation is 2. The lowest BCUT2D eigenvalue weighted by Gasteiger charge is -2.35. The average molecular weight is 366 g/mol. The summed E-state index contributed by atoms with van der Waals surface area (Å²) < 4.78 is 8.54. The van der Waals surface area contributed by atoms with Gasteiger partial charge in [-0.2, -0.15) is 0 Å². The van der Waals surface area contributed by atoms with Crippen LogP contribution in [0.2, 0.25) is 0 Å². The minimum absolute atomic E-state index is 0.0181. The van der Waals surface area contributed by atoms with Crippen LogP contribution in [0.1, 0.15) is 35.6 Å². The lowest BCUT2D eigenvalue weighted by molar-refractivity contribution is -0.0587. The number of hydrogen-bond acceptors (Lipinski definition) is 3. The number of amides is 1. The van der Waals surface area contributed by atoms with Crippen molar-refractivity contribution in [2.24, 2.45) is 0 Å². The fraction of sp³-hybridized carbons (Fsp3) is 0.500. The van der Waals surface area contributed by atoms with E-state index in [0.29, 0.717) is 18.8 Å². The summed E-state index contributed by atoms with van der Waals surface area (Å²) >= 11 is 3.50. The molecule has 0 spiro atoms. The van der Waals surface area contributed by atoms with Crippen molar-refractivity contribution >= 4 is 27.5 Å². The minimum atomic E-state index is 0.0181. The number of carbonyl (C=O) groups is 1. The van der Waals surface area contributed by atoms with E-state index in [1.165, 1.54) is 0 Å². The molecule has 2 atom stereocenters. The Kier molecular flexibility index (Phi) is 3.99. The largest absolute Gasteiger partial charge is 0.372 e. The third-order valence-corrected chi connectivity index (χ3v) is 4.39. The number of imidazole rings is 1. The van der Waals surface area contributed by atoms with Crippen molar-refractivity contribution < 1.29 is 9.53 Å². The van der Waals surface area contributed by atoms with Crippen LogP contribution in [0.5, 0.6) is 0 Å². The maximum atomic E-state index is 13.0. The second kappa shape index (κ2) is 5.66. The Labute approximate surface area is 138 Å². The smallest absolute Gasteiger partial charge is 0.272 e. The molecule has 1 aliphatic rings. The van der Waals surface area contributed by atoms with Crippen LogP contribution in [0.4, 0.5) is 0 Å². The van der Waals surface area contributed by atoms with Crippen molar-refractivity contribution in [1.82, 2.24) is 14.3 Å². The predicted octanol–water partition coefficient (Wildman–Crippen LogP) is 2.96. The third-order valence-electron chi connectivity index (χ3n) is 3.95. The molecule has 1 aliphatic heterocycles. The van der Waals surface area contributed by atoms with E-state index < -0.39 is 0 Å². The van der Waals surface area contributed by atoms with Crippen molar-refractivity contribution in [3.63, 3.8) is 0 Å². The van der Waals surface area contributed by atoms with Crippen LogP contribution in [0, 0.1) is 13.8 Å². The molecule has 2 aromatic rings. The van der Waals surface area contributed by atoms with E-state index in [-0.39, 0.29) is 18.1 Å². The molecular formula is C16H20BrN3O2. The number of pyridine rings is 1. The van der Waals surface area contributed by atoms with Gasteiger partial charge in [0.2, 0.25) is 0 Å². The van der Waals surface area contributed by atoms with Crippen molar-refractivity contribution in [2.45, 2.75) is 39.9 Å². The first kappa shape index (κ1) is 15.5. The highest BCUT2D eigenvalue weighted by molar-refractivity contribution is 9.10. The predicted molar refractivity (Wildman–Crippen MR) is 88.3 cm³/mol. The Balaban J connectivity index is 2.06. The van der Waals surface area contributed by atoms with E-state index in [1.54, 1.807) is 0 Å². The normalized spacial score (nSPS) is 22.3. The van der Waals surface area contributed by atoms with Gasteiger partial charge in [0.1, 0.15) is 11.3 Å². The molecule has 3 rings (SSSR count). The molecule has 2 unspecified atom stereocenters. The summed E-state index contributed by atoms with van der Waals surface area (Å²) in [5.74, 6) is 0.0181. The van der Waals surface area contributed by atoms with Crippen LogP contribution in [-0.4, -0.2) is 45.5 Å². The van der Waals surface area contributed by atoms with Gasteiger partial charge in [0.05, 0.1) is 17.9 Å². The van der Waals surface area contributed by atoms with Crippen LogP contribution in [-0.2, 0) is 4.74 Å². The van der Waals surface area contributed by atoms with Crippen molar-refractivity contribution in [3.05, 3.63) is 33.7 Å². The number of ether oxygens (including phenoxy) is 1. The summed E-state index contributed by atoms with van der Waals surface area (Å²) in [6.45, 7) is 9.11. The Morgan fingerprint density at radius 1 is 1.32 bits per heavy atom. The molecule has 2 aromatic heterocycles. The van der Waals surface area contributed by atoms with Crippen molar-refractivity contribution in [2.75, 3.05) is 13.1 Å². The Morgan fingerprint density at radius 3 is 2.59 bits per heavy atom. The quantitative estimate of drug-likeness (QED) is 0.780. The molecule has 0 aliphatic carbocycles. The summed E-state index contributed by atoms with van der Waals surface area (Å²) in [5, 5.41) is 0. The summed E-state index contributed by atoms with van der Waals surface area (Å²) in [6.07, 6.45) is 2.02. The molecule has 5 nitrogen and oxygen atoms in total. The van der Waals surface area contributed by atoms with E-state index in [1.807, 2.05) is 49.3 Å². The van der Waals surface area contributed by atoms with Gasteiger partial charge < -0.3 is 9.64 Å². The lowest BCUT2D eigenvalue weighted by Crippen LogP contribution is -2.48. The van der Waals surface area contributed by atoms with Gasteiger partial charge in [0.15, 0.2) is 0 Å². The van der Waals surface area contributed by atoms with E-state index in [2.05, 4.69) is 20.9 Å². The summed E-state index contributed by atoms with van der Waals surface area (Å²) in [5.41, 5.74) is 3.28. The molecule has 22 heavy (non-hydrogen) atoms. The highest BCUT2D eigenvalue weighted by atomic mass is 79.9. The third kappa shape index (κ3) is 2.65. The number of rotatable bonds is 1. The fourth-order valence-corrected chi connectivity index (χ4v) is 3.68. The van der Waals surface area contributed by atoms with E-state index in [4.69, 9.17) is 4.74 Å². The summed E-state index contributed by atoms with van der Waals surface area (Å²) in [4.78, 5) is 19.4. The Morgan fingerprint density at radius 2 is 1.95 bits per heavy atom. The Bertz CT molecular complexity index is 731. The number of carbonyl (C=O) groups excluding carboxylic acids is 1. The van der Waals surface area contributed by atoms with Gasteiger partial charge in [-0.05, 0) is 55.3 Å². The molecular weight excluding hydrogens is 346 g/mol. The van der Waals surface area contributed by atoms with Gasteiger partial charge >= 0.3 is 0 Å². The van der Waals surface area contributed by atoms with Gasteiger partial charge in [-0.15, -0.1) is 0 Å². The molecule has 1 saturated heterocycles. The fourth-order valence-electron chi connectivity index (χ4n) is 3.13. The molecule has 3 heterocycles. The Hall–Kier alpha value is -1.40. The minimum Gasteiger partial charge on any atom is -0.372 e. The van der Waals surface area contributed by atoms with Gasteiger partial charge in [0.25, 0.3) is 5.91 Å². The SMILES string of the molecule is Cc1nc2c(C)cc(Br)cn2c1C(=O)N1CC(C)OC(C)C1. The average Bonchev–Trinajstić information content (AvgIpc) is 2.73. The van der Waals surface area contributed by atoms with Gasteiger partial charge in [-0.1, -0.05) is 0 Å². The zero-order valence-electron chi connectivity index (χ0n) is 13.3.